The summed E-state index contributed by atoms with van der Waals surface area (Å²) in [5.41, 5.74) is 0. The maximum Gasteiger partial charge on any atom is 0.388 e. The monoisotopic (exact) mass is 294 g/mol. The summed E-state index contributed by atoms with van der Waals surface area (Å²) in [7, 11) is -2.33. The molecule has 0 amide bonds. The van der Waals surface area contributed by atoms with Crippen molar-refractivity contribution in [1.29, 1.82) is 0 Å². The van der Waals surface area contributed by atoms with E-state index in [-0.39, 0.29) is 6.04 Å². The third-order valence-electron chi connectivity index (χ3n) is 3.73. The fraction of sp³-hybridized carbons (Fsp3) is 0.250. The molecule has 0 aromatic heterocycles. The molecule has 2 aromatic rings. The van der Waals surface area contributed by atoms with E-state index in [1.54, 1.807) is 0 Å². The minimum atomic E-state index is -4.10. The molecule has 2 aromatic carbocycles. The summed E-state index contributed by atoms with van der Waals surface area (Å²) in [5.74, 6) is 0. The topological polar surface area (TPSA) is 0 Å². The molecule has 106 valence electrons. The lowest BCUT2D eigenvalue weighted by molar-refractivity contribution is -0.130. The molecule has 0 spiro atoms. The summed E-state index contributed by atoms with van der Waals surface area (Å²) in [4.78, 5) is 0. The average Bonchev–Trinajstić information content (AvgIpc) is 2.46. The fourth-order valence-electron chi connectivity index (χ4n) is 2.46. The van der Waals surface area contributed by atoms with Crippen LogP contribution in [0.3, 0.4) is 0 Å². The molecule has 0 aliphatic rings. The summed E-state index contributed by atoms with van der Waals surface area (Å²) in [6.07, 6.45) is -4.82. The van der Waals surface area contributed by atoms with Gasteiger partial charge in [0.05, 0.1) is 0 Å². The van der Waals surface area contributed by atoms with Gasteiger partial charge in [-0.3, -0.25) is 0 Å². The smallest absolute Gasteiger partial charge is 0.171 e. The zero-order valence-electron chi connectivity index (χ0n) is 11.3. The summed E-state index contributed by atoms with van der Waals surface area (Å²) in [6.45, 7) is 2.02. The van der Waals surface area contributed by atoms with Crippen molar-refractivity contribution in [2.75, 3.05) is 0 Å². The molecule has 0 unspecified atom stereocenters. The maximum absolute atomic E-state index is 12.6. The molecule has 2 rings (SSSR count). The zero-order chi connectivity index (χ0) is 14.6. The first kappa shape index (κ1) is 14.8. The van der Waals surface area contributed by atoms with Crippen LogP contribution in [-0.2, 0) is 0 Å². The third-order valence-corrected chi connectivity index (χ3v) is 8.20. The van der Waals surface area contributed by atoms with Crippen molar-refractivity contribution < 1.29 is 13.2 Å². The lowest BCUT2D eigenvalue weighted by atomic mass is 10.4. The van der Waals surface area contributed by atoms with E-state index in [2.05, 4.69) is 0 Å². The Morgan fingerprint density at radius 2 is 1.20 bits per heavy atom. The molecule has 0 heterocycles. The number of halogens is 3. The Hall–Kier alpha value is -1.55. The molecule has 4 heteroatoms. The molecule has 0 bridgehead atoms. The molecule has 0 saturated heterocycles. The van der Waals surface area contributed by atoms with Crippen molar-refractivity contribution in [3.05, 3.63) is 60.7 Å². The fourth-order valence-corrected chi connectivity index (χ4v) is 6.01. The van der Waals surface area contributed by atoms with Gasteiger partial charge in [-0.2, -0.15) is 13.2 Å². The first-order valence-electron chi connectivity index (χ1n) is 6.60. The van der Waals surface area contributed by atoms with Gasteiger partial charge in [-0.1, -0.05) is 77.6 Å². The highest BCUT2D eigenvalue weighted by Gasteiger charge is 2.37. The number of hydrogen-bond acceptors (Lipinski definition) is 0. The predicted molar refractivity (Wildman–Crippen MR) is 79.2 cm³/mol. The van der Waals surface area contributed by atoms with E-state index in [0.717, 1.165) is 10.4 Å². The summed E-state index contributed by atoms with van der Waals surface area (Å²) in [6, 6.07) is 19.4. The molecule has 0 nitrogen and oxygen atoms in total. The third kappa shape index (κ3) is 3.51. The lowest BCUT2D eigenvalue weighted by Gasteiger charge is -2.29. The van der Waals surface area contributed by atoms with E-state index < -0.39 is 20.7 Å². The molecule has 0 aliphatic heterocycles. The Morgan fingerprint density at radius 3 is 1.55 bits per heavy atom. The predicted octanol–water partition coefficient (Wildman–Crippen LogP) is 3.83. The van der Waals surface area contributed by atoms with Crippen molar-refractivity contribution in [3.8, 4) is 0 Å². The van der Waals surface area contributed by atoms with Gasteiger partial charge >= 0.3 is 6.18 Å². The van der Waals surface area contributed by atoms with Crippen LogP contribution < -0.4 is 10.4 Å². The van der Waals surface area contributed by atoms with Gasteiger partial charge in [-0.15, -0.1) is 0 Å². The second-order valence-electron chi connectivity index (χ2n) is 5.18. The van der Waals surface area contributed by atoms with Gasteiger partial charge in [-0.25, -0.2) is 0 Å². The lowest BCUT2D eigenvalue weighted by Crippen LogP contribution is -2.55. The average molecular weight is 294 g/mol. The highest BCUT2D eigenvalue weighted by molar-refractivity contribution is 7.01. The van der Waals surface area contributed by atoms with Crippen LogP contribution in [0.15, 0.2) is 60.7 Å². The van der Waals surface area contributed by atoms with Gasteiger partial charge < -0.3 is 0 Å². The molecule has 0 fully saturated rings. The van der Waals surface area contributed by atoms with Crippen LogP contribution in [0.5, 0.6) is 0 Å². The quantitative estimate of drug-likeness (QED) is 0.752. The van der Waals surface area contributed by atoms with E-state index in [4.69, 9.17) is 0 Å². The molecule has 0 radical (unpaired) electrons. The van der Waals surface area contributed by atoms with E-state index in [9.17, 15) is 13.2 Å². The summed E-state index contributed by atoms with van der Waals surface area (Å²) < 4.78 is 37.9. The van der Waals surface area contributed by atoms with Crippen LogP contribution in [-0.4, -0.2) is 14.3 Å². The highest BCUT2D eigenvalue weighted by Crippen LogP contribution is 2.26. The van der Waals surface area contributed by atoms with Crippen LogP contribution in [0.1, 0.15) is 6.42 Å². The van der Waals surface area contributed by atoms with Gasteiger partial charge in [0.1, 0.15) is 8.07 Å². The Balaban J connectivity index is 2.39. The van der Waals surface area contributed by atoms with Gasteiger partial charge in [0.2, 0.25) is 0 Å². The molecule has 0 atom stereocenters. The van der Waals surface area contributed by atoms with Crippen molar-refractivity contribution in [2.45, 2.75) is 25.2 Å². The van der Waals surface area contributed by atoms with Gasteiger partial charge in [-0.05, 0) is 6.04 Å². The van der Waals surface area contributed by atoms with Gasteiger partial charge in [0, 0.05) is 6.42 Å². The van der Waals surface area contributed by atoms with E-state index in [0.29, 0.717) is 0 Å². The Morgan fingerprint density at radius 1 is 0.800 bits per heavy atom. The van der Waals surface area contributed by atoms with Crippen LogP contribution in [0, 0.1) is 0 Å². The highest BCUT2D eigenvalue weighted by atomic mass is 28.3. The molecule has 0 N–H and O–H groups in total. The van der Waals surface area contributed by atoms with Crippen molar-refractivity contribution >= 4 is 18.4 Å². The van der Waals surface area contributed by atoms with Crippen molar-refractivity contribution in [3.63, 3.8) is 0 Å². The Bertz CT molecular complexity index is 495. The van der Waals surface area contributed by atoms with Crippen molar-refractivity contribution in [2.24, 2.45) is 0 Å². The normalized spacial score (nSPS) is 12.4. The number of rotatable bonds is 4. The summed E-state index contributed by atoms with van der Waals surface area (Å²) >= 11 is 0. The standard InChI is InChI=1S/C16H17F3Si/c1-20(13-12-16(17,18)19,14-8-4-2-5-9-14)15-10-6-3-7-11-15/h2-11H,12-13H2,1H3. The second kappa shape index (κ2) is 5.83. The van der Waals surface area contributed by atoms with E-state index in [1.807, 2.05) is 67.2 Å². The van der Waals surface area contributed by atoms with Crippen molar-refractivity contribution in [1.82, 2.24) is 0 Å². The number of alkyl halides is 3. The van der Waals surface area contributed by atoms with Crippen LogP contribution in [0.2, 0.25) is 12.6 Å². The zero-order valence-corrected chi connectivity index (χ0v) is 12.3. The minimum absolute atomic E-state index is 0.185. The largest absolute Gasteiger partial charge is 0.388 e. The summed E-state index contributed by atoms with van der Waals surface area (Å²) in [5, 5.41) is 2.10. The molecule has 0 aliphatic carbocycles. The van der Waals surface area contributed by atoms with Crippen LogP contribution in [0.25, 0.3) is 0 Å². The Kier molecular flexibility index (Phi) is 4.33. The second-order valence-corrected chi connectivity index (χ2v) is 9.50. The van der Waals surface area contributed by atoms with Crippen LogP contribution >= 0.6 is 0 Å². The SMILES string of the molecule is C[Si](CCC(F)(F)F)(c1ccccc1)c1ccccc1. The Labute approximate surface area is 118 Å². The molecular formula is C16H17F3Si. The first-order chi connectivity index (χ1) is 9.42. The molecular weight excluding hydrogens is 277 g/mol. The first-order valence-corrected chi connectivity index (χ1v) is 9.30. The van der Waals surface area contributed by atoms with Gasteiger partial charge in [0.25, 0.3) is 0 Å². The minimum Gasteiger partial charge on any atom is -0.171 e. The van der Waals surface area contributed by atoms with Gasteiger partial charge in [0.15, 0.2) is 0 Å². The molecule has 0 saturated carbocycles. The molecule has 20 heavy (non-hydrogen) atoms. The number of benzene rings is 2. The van der Waals surface area contributed by atoms with E-state index in [1.165, 1.54) is 0 Å². The number of hydrogen-bond donors (Lipinski definition) is 0. The van der Waals surface area contributed by atoms with Crippen LogP contribution in [0.4, 0.5) is 13.2 Å². The maximum atomic E-state index is 12.6. The van der Waals surface area contributed by atoms with E-state index >= 15 is 0 Å².